The van der Waals surface area contributed by atoms with Gasteiger partial charge in [-0.2, -0.15) is 0 Å². The van der Waals surface area contributed by atoms with Crippen LogP contribution in [0.4, 0.5) is 5.82 Å². The molecular formula is C16H25N3O. The van der Waals surface area contributed by atoms with E-state index < -0.39 is 0 Å². The van der Waals surface area contributed by atoms with Gasteiger partial charge in [0.05, 0.1) is 0 Å². The molecule has 1 saturated carbocycles. The lowest BCUT2D eigenvalue weighted by molar-refractivity contribution is -0.000213. The highest BCUT2D eigenvalue weighted by Gasteiger charge is 2.29. The summed E-state index contributed by atoms with van der Waals surface area (Å²) < 4.78 is 6.00. The number of nitrogens with zero attached hydrogens (tertiary/aromatic N) is 2. The standard InChI is InChI=1S/C16H25N3O/c1-2-20-14(11-7-4-3-5-8-11)16-18-13-10-6-9-12(13)15(17)19-16/h11,14H,2-10H2,1H3,(H2,17,18,19). The number of anilines is 1. The highest BCUT2D eigenvalue weighted by atomic mass is 16.5. The molecule has 0 aromatic carbocycles. The van der Waals surface area contributed by atoms with Crippen molar-refractivity contribution in [2.45, 2.75) is 64.4 Å². The number of aromatic nitrogens is 2. The quantitative estimate of drug-likeness (QED) is 0.916. The van der Waals surface area contributed by atoms with Crippen LogP contribution in [0.5, 0.6) is 0 Å². The summed E-state index contributed by atoms with van der Waals surface area (Å²) in [6, 6.07) is 0. The van der Waals surface area contributed by atoms with Gasteiger partial charge in [-0.1, -0.05) is 19.3 Å². The minimum Gasteiger partial charge on any atom is -0.383 e. The van der Waals surface area contributed by atoms with E-state index in [2.05, 4.69) is 4.98 Å². The van der Waals surface area contributed by atoms with Crippen molar-refractivity contribution in [3.05, 3.63) is 17.1 Å². The van der Waals surface area contributed by atoms with Gasteiger partial charge in [-0.05, 0) is 44.9 Å². The van der Waals surface area contributed by atoms with Gasteiger partial charge in [-0.15, -0.1) is 0 Å². The molecule has 4 nitrogen and oxygen atoms in total. The Kier molecular flexibility index (Phi) is 4.20. The molecular weight excluding hydrogens is 250 g/mol. The van der Waals surface area contributed by atoms with Crippen LogP contribution in [0.1, 0.15) is 68.6 Å². The molecule has 0 saturated heterocycles. The van der Waals surface area contributed by atoms with Crippen molar-refractivity contribution in [3.8, 4) is 0 Å². The van der Waals surface area contributed by atoms with E-state index in [-0.39, 0.29) is 6.10 Å². The number of fused-ring (bicyclic) bond motifs is 1. The first kappa shape index (κ1) is 13.8. The number of nitrogen functional groups attached to an aromatic ring is 1. The SMILES string of the molecule is CCOC(c1nc(N)c2c(n1)CCC2)C1CCCCC1. The van der Waals surface area contributed by atoms with E-state index in [1.165, 1.54) is 37.7 Å². The molecule has 2 aliphatic carbocycles. The highest BCUT2D eigenvalue weighted by molar-refractivity contribution is 5.44. The van der Waals surface area contributed by atoms with Crippen LogP contribution < -0.4 is 5.73 Å². The van der Waals surface area contributed by atoms with Crippen molar-refractivity contribution in [1.29, 1.82) is 0 Å². The number of hydrogen-bond acceptors (Lipinski definition) is 4. The summed E-state index contributed by atoms with van der Waals surface area (Å²) in [7, 11) is 0. The molecule has 0 bridgehead atoms. The maximum absolute atomic E-state index is 6.13. The third-order valence-electron chi connectivity index (χ3n) is 4.66. The molecule has 0 radical (unpaired) electrons. The van der Waals surface area contributed by atoms with E-state index in [9.17, 15) is 0 Å². The van der Waals surface area contributed by atoms with Crippen LogP contribution in [-0.4, -0.2) is 16.6 Å². The smallest absolute Gasteiger partial charge is 0.160 e. The van der Waals surface area contributed by atoms with E-state index in [0.717, 1.165) is 30.8 Å². The third kappa shape index (κ3) is 2.66. The Morgan fingerprint density at radius 2 is 1.95 bits per heavy atom. The summed E-state index contributed by atoms with van der Waals surface area (Å²) >= 11 is 0. The van der Waals surface area contributed by atoms with Crippen LogP contribution in [0, 0.1) is 5.92 Å². The summed E-state index contributed by atoms with van der Waals surface area (Å²) in [5.41, 5.74) is 8.46. The monoisotopic (exact) mass is 275 g/mol. The average molecular weight is 275 g/mol. The normalized spacial score (nSPS) is 20.9. The Balaban J connectivity index is 1.88. The number of hydrogen-bond donors (Lipinski definition) is 1. The minimum atomic E-state index is 0.0356. The van der Waals surface area contributed by atoms with Crippen molar-refractivity contribution in [3.63, 3.8) is 0 Å². The van der Waals surface area contributed by atoms with Gasteiger partial charge in [-0.25, -0.2) is 9.97 Å². The molecule has 2 N–H and O–H groups in total. The molecule has 0 spiro atoms. The Hall–Kier alpha value is -1.16. The second kappa shape index (κ2) is 6.08. The van der Waals surface area contributed by atoms with Gasteiger partial charge in [-0.3, -0.25) is 0 Å². The van der Waals surface area contributed by atoms with Gasteiger partial charge in [0.15, 0.2) is 5.82 Å². The maximum Gasteiger partial charge on any atom is 0.160 e. The molecule has 2 aliphatic rings. The molecule has 0 aliphatic heterocycles. The Morgan fingerprint density at radius 1 is 1.15 bits per heavy atom. The topological polar surface area (TPSA) is 61.0 Å². The number of nitrogens with two attached hydrogens (primary N) is 1. The van der Waals surface area contributed by atoms with Gasteiger partial charge < -0.3 is 10.5 Å². The zero-order valence-electron chi connectivity index (χ0n) is 12.4. The zero-order chi connectivity index (χ0) is 13.9. The van der Waals surface area contributed by atoms with Gasteiger partial charge in [0.1, 0.15) is 11.9 Å². The van der Waals surface area contributed by atoms with Crippen molar-refractivity contribution < 1.29 is 4.74 Å². The molecule has 110 valence electrons. The number of ether oxygens (including phenoxy) is 1. The van der Waals surface area contributed by atoms with Crippen molar-refractivity contribution >= 4 is 5.82 Å². The van der Waals surface area contributed by atoms with E-state index >= 15 is 0 Å². The highest BCUT2D eigenvalue weighted by Crippen LogP contribution is 2.37. The van der Waals surface area contributed by atoms with Gasteiger partial charge in [0.2, 0.25) is 0 Å². The summed E-state index contributed by atoms with van der Waals surface area (Å²) in [6.07, 6.45) is 9.67. The van der Waals surface area contributed by atoms with Crippen molar-refractivity contribution in [2.75, 3.05) is 12.3 Å². The lowest BCUT2D eigenvalue weighted by Crippen LogP contribution is -2.22. The van der Waals surface area contributed by atoms with Crippen LogP contribution in [0.15, 0.2) is 0 Å². The first-order valence-electron chi connectivity index (χ1n) is 8.06. The van der Waals surface area contributed by atoms with Crippen LogP contribution in [0.25, 0.3) is 0 Å². The van der Waals surface area contributed by atoms with E-state index in [1.807, 2.05) is 6.92 Å². The second-order valence-electron chi connectivity index (χ2n) is 6.02. The molecule has 20 heavy (non-hydrogen) atoms. The first-order chi connectivity index (χ1) is 9.79. The Morgan fingerprint density at radius 3 is 2.70 bits per heavy atom. The lowest BCUT2D eigenvalue weighted by Gasteiger charge is -2.29. The number of aryl methyl sites for hydroxylation is 1. The molecule has 1 atom stereocenters. The molecule has 1 heterocycles. The summed E-state index contributed by atoms with van der Waals surface area (Å²) in [4.78, 5) is 9.37. The molecule has 0 amide bonds. The molecule has 3 rings (SSSR count). The molecule has 1 aromatic heterocycles. The second-order valence-corrected chi connectivity index (χ2v) is 6.02. The molecule has 1 fully saturated rings. The molecule has 1 aromatic rings. The van der Waals surface area contributed by atoms with E-state index in [1.54, 1.807) is 0 Å². The van der Waals surface area contributed by atoms with Crippen LogP contribution in [0.3, 0.4) is 0 Å². The van der Waals surface area contributed by atoms with Crippen molar-refractivity contribution in [1.82, 2.24) is 9.97 Å². The Labute approximate surface area is 121 Å². The summed E-state index contributed by atoms with van der Waals surface area (Å²) in [5, 5.41) is 0. The van der Waals surface area contributed by atoms with Crippen LogP contribution in [0.2, 0.25) is 0 Å². The van der Waals surface area contributed by atoms with E-state index in [4.69, 9.17) is 15.5 Å². The molecule has 4 heteroatoms. The summed E-state index contributed by atoms with van der Waals surface area (Å²) in [6.45, 7) is 2.76. The van der Waals surface area contributed by atoms with Crippen LogP contribution in [-0.2, 0) is 17.6 Å². The lowest BCUT2D eigenvalue weighted by atomic mass is 9.85. The van der Waals surface area contributed by atoms with Crippen molar-refractivity contribution in [2.24, 2.45) is 5.92 Å². The minimum absolute atomic E-state index is 0.0356. The van der Waals surface area contributed by atoms with Gasteiger partial charge in [0.25, 0.3) is 0 Å². The largest absolute Gasteiger partial charge is 0.383 e. The first-order valence-corrected chi connectivity index (χ1v) is 8.06. The average Bonchev–Trinajstić information content (AvgIpc) is 2.94. The third-order valence-corrected chi connectivity index (χ3v) is 4.66. The summed E-state index contributed by atoms with van der Waals surface area (Å²) in [5.74, 6) is 2.07. The molecule has 1 unspecified atom stereocenters. The van der Waals surface area contributed by atoms with E-state index in [0.29, 0.717) is 18.3 Å². The van der Waals surface area contributed by atoms with Crippen LogP contribution >= 0.6 is 0 Å². The maximum atomic E-state index is 6.13. The Bertz CT molecular complexity index is 469. The predicted octanol–water partition coefficient (Wildman–Crippen LogP) is 3.21. The number of rotatable bonds is 4. The predicted molar refractivity (Wildman–Crippen MR) is 79.4 cm³/mol. The zero-order valence-corrected chi connectivity index (χ0v) is 12.4. The van der Waals surface area contributed by atoms with Gasteiger partial charge >= 0.3 is 0 Å². The fraction of sp³-hybridized carbons (Fsp3) is 0.750. The van der Waals surface area contributed by atoms with Gasteiger partial charge in [0, 0.05) is 17.9 Å². The fourth-order valence-electron chi connectivity index (χ4n) is 3.65. The fourth-order valence-corrected chi connectivity index (χ4v) is 3.65.